The molecular formula is C24H21Cl2N3O2S. The van der Waals surface area contributed by atoms with Crippen LogP contribution in [0.3, 0.4) is 0 Å². The molecule has 4 rings (SSSR count). The topological polar surface area (TPSA) is 52.6 Å². The van der Waals surface area contributed by atoms with E-state index in [-0.39, 0.29) is 17.2 Å². The number of hydrogen-bond donors (Lipinski definition) is 1. The van der Waals surface area contributed by atoms with Gasteiger partial charge in [-0.2, -0.15) is 0 Å². The maximum absolute atomic E-state index is 12.6. The quantitative estimate of drug-likeness (QED) is 0.474. The second-order valence-corrected chi connectivity index (χ2v) is 9.43. The van der Waals surface area contributed by atoms with Crippen LogP contribution in [0.15, 0.2) is 66.7 Å². The van der Waals surface area contributed by atoms with Gasteiger partial charge in [-0.25, -0.2) is 0 Å². The Morgan fingerprint density at radius 2 is 1.69 bits per heavy atom. The lowest BCUT2D eigenvalue weighted by Gasteiger charge is -2.25. The largest absolute Gasteiger partial charge is 0.378 e. The maximum atomic E-state index is 12.6. The summed E-state index contributed by atoms with van der Waals surface area (Å²) in [6.45, 7) is 0. The number of nitrogens with one attached hydrogen (secondary N) is 1. The van der Waals surface area contributed by atoms with Gasteiger partial charge < -0.3 is 10.2 Å². The molecule has 5 nitrogen and oxygen atoms in total. The second kappa shape index (κ2) is 9.45. The Kier molecular flexibility index (Phi) is 6.65. The molecule has 1 aliphatic rings. The summed E-state index contributed by atoms with van der Waals surface area (Å²) in [6.07, 6.45) is 0. The van der Waals surface area contributed by atoms with Crippen LogP contribution in [0.2, 0.25) is 10.0 Å². The van der Waals surface area contributed by atoms with Crippen molar-refractivity contribution in [3.05, 3.63) is 87.9 Å². The Morgan fingerprint density at radius 3 is 2.31 bits per heavy atom. The molecule has 0 aliphatic carbocycles. The summed E-state index contributed by atoms with van der Waals surface area (Å²) in [4.78, 5) is 29.0. The highest BCUT2D eigenvalue weighted by molar-refractivity contribution is 8.00. The molecule has 1 saturated heterocycles. The molecule has 0 radical (unpaired) electrons. The molecule has 1 aliphatic heterocycles. The fraction of sp³-hybridized carbons (Fsp3) is 0.167. The average molecular weight is 486 g/mol. The molecule has 2 amide bonds. The number of amides is 2. The van der Waals surface area contributed by atoms with E-state index in [2.05, 4.69) is 5.32 Å². The van der Waals surface area contributed by atoms with Crippen LogP contribution in [-0.4, -0.2) is 31.7 Å². The molecule has 1 fully saturated rings. The van der Waals surface area contributed by atoms with E-state index in [0.29, 0.717) is 27.0 Å². The number of hydrogen-bond acceptors (Lipinski definition) is 4. The molecule has 8 heteroatoms. The van der Waals surface area contributed by atoms with Crippen molar-refractivity contribution in [2.24, 2.45) is 0 Å². The highest BCUT2D eigenvalue weighted by Gasteiger charge is 2.34. The van der Waals surface area contributed by atoms with E-state index in [0.717, 1.165) is 16.9 Å². The van der Waals surface area contributed by atoms with Crippen LogP contribution in [0.1, 0.15) is 21.3 Å². The van der Waals surface area contributed by atoms with Crippen LogP contribution >= 0.6 is 35.0 Å². The van der Waals surface area contributed by atoms with Gasteiger partial charge in [0.05, 0.1) is 15.8 Å². The molecule has 0 bridgehead atoms. The smallest absolute Gasteiger partial charge is 0.255 e. The SMILES string of the molecule is CN(C)c1ccc(N2C(=O)CSC2c2ccc(NC(=O)c3ccc(Cl)c(Cl)c3)cc2)cc1. The molecule has 164 valence electrons. The molecule has 1 unspecified atom stereocenters. The minimum Gasteiger partial charge on any atom is -0.378 e. The predicted molar refractivity (Wildman–Crippen MR) is 134 cm³/mol. The first kappa shape index (κ1) is 22.5. The number of rotatable bonds is 5. The van der Waals surface area contributed by atoms with Gasteiger partial charge in [-0.05, 0) is 60.2 Å². The third-order valence-electron chi connectivity index (χ3n) is 5.15. The summed E-state index contributed by atoms with van der Waals surface area (Å²) in [6, 6.07) is 20.2. The Morgan fingerprint density at radius 1 is 1.00 bits per heavy atom. The van der Waals surface area contributed by atoms with Gasteiger partial charge in [0.2, 0.25) is 5.91 Å². The van der Waals surface area contributed by atoms with Crippen molar-refractivity contribution in [3.63, 3.8) is 0 Å². The van der Waals surface area contributed by atoms with Crippen LogP contribution < -0.4 is 15.1 Å². The monoisotopic (exact) mass is 485 g/mol. The first-order chi connectivity index (χ1) is 15.3. The number of carbonyl (C=O) groups is 2. The van der Waals surface area contributed by atoms with Gasteiger partial charge in [-0.1, -0.05) is 35.3 Å². The van der Waals surface area contributed by atoms with Gasteiger partial charge in [0.25, 0.3) is 5.91 Å². The summed E-state index contributed by atoms with van der Waals surface area (Å²) in [5.41, 5.74) is 4.01. The third-order valence-corrected chi connectivity index (χ3v) is 7.10. The lowest BCUT2D eigenvalue weighted by atomic mass is 10.1. The molecule has 32 heavy (non-hydrogen) atoms. The highest BCUT2D eigenvalue weighted by atomic mass is 35.5. The van der Waals surface area contributed by atoms with Crippen LogP contribution in [0.4, 0.5) is 17.1 Å². The van der Waals surface area contributed by atoms with Crippen molar-refractivity contribution in [1.82, 2.24) is 0 Å². The zero-order valence-electron chi connectivity index (χ0n) is 17.5. The number of carbonyl (C=O) groups excluding carboxylic acids is 2. The number of halogens is 2. The van der Waals surface area contributed by atoms with Crippen molar-refractivity contribution in [2.45, 2.75) is 5.37 Å². The van der Waals surface area contributed by atoms with E-state index in [1.807, 2.05) is 72.4 Å². The van der Waals surface area contributed by atoms with Gasteiger partial charge in [0.15, 0.2) is 0 Å². The number of nitrogens with zero attached hydrogens (tertiary/aromatic N) is 2. The van der Waals surface area contributed by atoms with Gasteiger partial charge in [-0.3, -0.25) is 14.5 Å². The predicted octanol–water partition coefficient (Wildman–Crippen LogP) is 6.09. The molecule has 0 saturated carbocycles. The van der Waals surface area contributed by atoms with E-state index >= 15 is 0 Å². The summed E-state index contributed by atoms with van der Waals surface area (Å²) >= 11 is 13.5. The molecule has 3 aromatic carbocycles. The Bertz CT molecular complexity index is 1150. The fourth-order valence-corrected chi connectivity index (χ4v) is 4.91. The minimum atomic E-state index is -0.274. The Hall–Kier alpha value is -2.67. The van der Waals surface area contributed by atoms with E-state index in [4.69, 9.17) is 23.2 Å². The maximum Gasteiger partial charge on any atom is 0.255 e. The van der Waals surface area contributed by atoms with Crippen molar-refractivity contribution in [1.29, 1.82) is 0 Å². The normalized spacial score (nSPS) is 15.7. The zero-order valence-corrected chi connectivity index (χ0v) is 19.8. The van der Waals surface area contributed by atoms with Crippen LogP contribution in [0, 0.1) is 0 Å². The van der Waals surface area contributed by atoms with Crippen molar-refractivity contribution < 1.29 is 9.59 Å². The summed E-state index contributed by atoms with van der Waals surface area (Å²) in [7, 11) is 3.97. The van der Waals surface area contributed by atoms with Crippen molar-refractivity contribution in [2.75, 3.05) is 35.0 Å². The average Bonchev–Trinajstić information content (AvgIpc) is 3.17. The molecular weight excluding hydrogens is 465 g/mol. The standard InChI is InChI=1S/C24H21Cl2N3O2S/c1-28(2)18-8-10-19(11-9-18)29-22(30)14-32-24(29)15-3-6-17(7-4-15)27-23(31)16-5-12-20(25)21(26)13-16/h3-13,24H,14H2,1-2H3,(H,27,31). The fourth-order valence-electron chi connectivity index (χ4n) is 3.43. The Balaban J connectivity index is 1.50. The second-order valence-electron chi connectivity index (χ2n) is 7.54. The molecule has 1 N–H and O–H groups in total. The van der Waals surface area contributed by atoms with Gasteiger partial charge in [-0.15, -0.1) is 11.8 Å². The minimum absolute atomic E-state index is 0.0783. The molecule has 3 aromatic rings. The van der Waals surface area contributed by atoms with E-state index in [9.17, 15) is 9.59 Å². The number of thioether (sulfide) groups is 1. The first-order valence-corrected chi connectivity index (χ1v) is 11.7. The summed E-state index contributed by atoms with van der Waals surface area (Å²) in [5, 5.41) is 3.47. The lowest BCUT2D eigenvalue weighted by molar-refractivity contribution is -0.115. The van der Waals surface area contributed by atoms with E-state index in [1.165, 1.54) is 6.07 Å². The van der Waals surface area contributed by atoms with Crippen molar-refractivity contribution in [3.8, 4) is 0 Å². The van der Waals surface area contributed by atoms with E-state index in [1.54, 1.807) is 23.9 Å². The molecule has 0 spiro atoms. The third kappa shape index (κ3) is 4.72. The first-order valence-electron chi connectivity index (χ1n) is 9.91. The number of benzene rings is 3. The van der Waals surface area contributed by atoms with E-state index < -0.39 is 0 Å². The van der Waals surface area contributed by atoms with Crippen LogP contribution in [0.25, 0.3) is 0 Å². The highest BCUT2D eigenvalue weighted by Crippen LogP contribution is 2.42. The number of anilines is 3. The van der Waals surface area contributed by atoms with Gasteiger partial charge in [0.1, 0.15) is 5.37 Å². The van der Waals surface area contributed by atoms with Gasteiger partial charge >= 0.3 is 0 Å². The van der Waals surface area contributed by atoms with Crippen molar-refractivity contribution >= 4 is 63.8 Å². The van der Waals surface area contributed by atoms with Crippen LogP contribution in [-0.2, 0) is 4.79 Å². The summed E-state index contributed by atoms with van der Waals surface area (Å²) in [5.74, 6) is 0.231. The molecule has 1 heterocycles. The molecule has 1 atom stereocenters. The Labute approximate surface area is 201 Å². The lowest BCUT2D eigenvalue weighted by Crippen LogP contribution is -2.27. The van der Waals surface area contributed by atoms with Crippen LogP contribution in [0.5, 0.6) is 0 Å². The summed E-state index contributed by atoms with van der Waals surface area (Å²) < 4.78 is 0. The zero-order chi connectivity index (χ0) is 22.8. The molecule has 0 aromatic heterocycles. The van der Waals surface area contributed by atoms with Gasteiger partial charge in [0, 0.05) is 36.7 Å².